The number of nitrogens with zero attached hydrogens (tertiary/aromatic N) is 4. The van der Waals surface area contributed by atoms with Crippen LogP contribution in [0.1, 0.15) is 24.2 Å². The summed E-state index contributed by atoms with van der Waals surface area (Å²) in [5.74, 6) is -0.349. The van der Waals surface area contributed by atoms with Crippen molar-refractivity contribution < 1.29 is 23.1 Å². The van der Waals surface area contributed by atoms with E-state index in [1.54, 1.807) is 42.5 Å². The summed E-state index contributed by atoms with van der Waals surface area (Å²) < 4.78 is 31.2. The first-order valence-corrected chi connectivity index (χ1v) is 11.9. The van der Waals surface area contributed by atoms with Crippen molar-refractivity contribution in [2.45, 2.75) is 26.0 Å². The van der Waals surface area contributed by atoms with Crippen LogP contribution >= 0.6 is 0 Å². The first-order chi connectivity index (χ1) is 14.6. The number of aliphatic hydroxyl groups excluding tert-OH is 1. The van der Waals surface area contributed by atoms with Gasteiger partial charge in [-0.2, -0.15) is 0 Å². The van der Waals surface area contributed by atoms with E-state index >= 15 is 0 Å². The molecular weight excluding hydrogens is 420 g/mol. The van der Waals surface area contributed by atoms with Gasteiger partial charge >= 0.3 is 0 Å². The Balaban J connectivity index is 2.06. The molecule has 0 bridgehead atoms. The fourth-order valence-electron chi connectivity index (χ4n) is 3.40. The van der Waals surface area contributed by atoms with Gasteiger partial charge < -0.3 is 14.7 Å². The molecule has 0 aromatic carbocycles. The molecule has 3 heterocycles. The molecule has 0 aliphatic carbocycles. The van der Waals surface area contributed by atoms with Crippen molar-refractivity contribution in [2.75, 3.05) is 33.0 Å². The van der Waals surface area contributed by atoms with Gasteiger partial charge in [0.2, 0.25) is 15.9 Å². The second-order valence-corrected chi connectivity index (χ2v) is 10.1. The van der Waals surface area contributed by atoms with E-state index in [9.17, 15) is 18.3 Å². The van der Waals surface area contributed by atoms with E-state index in [0.717, 1.165) is 11.8 Å². The average Bonchev–Trinajstić information content (AvgIpc) is 2.75. The molecule has 3 rings (SSSR count). The predicted octanol–water partition coefficient (Wildman–Crippen LogP) is 1.26. The van der Waals surface area contributed by atoms with Crippen molar-refractivity contribution in [3.8, 4) is 17.0 Å². The van der Waals surface area contributed by atoms with Gasteiger partial charge in [-0.3, -0.25) is 9.78 Å². The number of ether oxygens (including phenoxy) is 1. The highest BCUT2D eigenvalue weighted by Crippen LogP contribution is 2.30. The first-order valence-electron chi connectivity index (χ1n) is 10.0. The molecular formula is C21H28N4O5S. The molecule has 0 fully saturated rings. The Morgan fingerprint density at radius 1 is 1.35 bits per heavy atom. The molecule has 0 saturated carbocycles. The number of hydrogen-bond donors (Lipinski definition) is 1. The second kappa shape index (κ2) is 9.29. The van der Waals surface area contributed by atoms with E-state index in [1.165, 1.54) is 11.4 Å². The van der Waals surface area contributed by atoms with Crippen molar-refractivity contribution in [3.63, 3.8) is 0 Å². The largest absolute Gasteiger partial charge is 0.472 e. The lowest BCUT2D eigenvalue weighted by molar-refractivity contribution is 0.0374. The van der Waals surface area contributed by atoms with E-state index in [2.05, 4.69) is 9.97 Å². The summed E-state index contributed by atoms with van der Waals surface area (Å²) in [5, 5.41) is 9.72. The normalized spacial score (nSPS) is 20.6. The van der Waals surface area contributed by atoms with Crippen molar-refractivity contribution in [1.29, 1.82) is 0 Å². The minimum absolute atomic E-state index is 0.112. The maximum Gasteiger partial charge on any atom is 0.259 e. The molecule has 10 heteroatoms. The standard InChI is InChI=1S/C21H28N4O5S/c1-14-11-25(15(2)13-26)21(27)18-8-17(16-6-5-7-22-9-16)10-23-20(18)30-19(14)12-24(3)31(4,28)29/h5-10,14-15,19,26H,11-13H2,1-4H3/t14-,15-,19-/m0/s1. The van der Waals surface area contributed by atoms with Crippen molar-refractivity contribution in [2.24, 2.45) is 5.92 Å². The van der Waals surface area contributed by atoms with Gasteiger partial charge in [-0.1, -0.05) is 13.0 Å². The fraction of sp³-hybridized carbons (Fsp3) is 0.476. The number of carbonyl (C=O) groups excluding carboxylic acids is 1. The number of likely N-dealkylation sites (N-methyl/N-ethyl adjacent to an activating group) is 1. The molecule has 1 amide bonds. The fourth-order valence-corrected chi connectivity index (χ4v) is 3.82. The highest BCUT2D eigenvalue weighted by atomic mass is 32.2. The number of carbonyl (C=O) groups is 1. The van der Waals surface area contributed by atoms with Crippen LogP contribution in [0.25, 0.3) is 11.1 Å². The Kier molecular flexibility index (Phi) is 6.93. The topological polar surface area (TPSA) is 113 Å². The van der Waals surface area contributed by atoms with Crippen LogP contribution in [0.15, 0.2) is 36.8 Å². The average molecular weight is 449 g/mol. The van der Waals surface area contributed by atoms with E-state index in [4.69, 9.17) is 4.74 Å². The molecule has 168 valence electrons. The monoisotopic (exact) mass is 448 g/mol. The van der Waals surface area contributed by atoms with E-state index < -0.39 is 22.2 Å². The van der Waals surface area contributed by atoms with Gasteiger partial charge in [-0.25, -0.2) is 17.7 Å². The van der Waals surface area contributed by atoms with Gasteiger partial charge in [0.1, 0.15) is 11.7 Å². The summed E-state index contributed by atoms with van der Waals surface area (Å²) in [4.78, 5) is 23.5. The smallest absolute Gasteiger partial charge is 0.259 e. The maximum absolute atomic E-state index is 13.4. The Labute approximate surface area is 182 Å². The molecule has 2 aromatic heterocycles. The number of aliphatic hydroxyl groups is 1. The Bertz CT molecular complexity index is 1030. The molecule has 0 spiro atoms. The van der Waals surface area contributed by atoms with Crippen molar-refractivity contribution in [1.82, 2.24) is 19.2 Å². The third-order valence-corrected chi connectivity index (χ3v) is 6.80. The molecule has 1 aliphatic rings. The number of hydrogen-bond acceptors (Lipinski definition) is 7. The number of amides is 1. The lowest BCUT2D eigenvalue weighted by Crippen LogP contribution is -2.50. The Morgan fingerprint density at radius 2 is 2.10 bits per heavy atom. The maximum atomic E-state index is 13.4. The Morgan fingerprint density at radius 3 is 2.71 bits per heavy atom. The van der Waals surface area contributed by atoms with Crippen LogP contribution < -0.4 is 4.74 Å². The molecule has 1 aliphatic heterocycles. The third kappa shape index (κ3) is 5.20. The number of rotatable bonds is 6. The highest BCUT2D eigenvalue weighted by Gasteiger charge is 2.35. The van der Waals surface area contributed by atoms with Crippen molar-refractivity contribution in [3.05, 3.63) is 42.4 Å². The minimum atomic E-state index is -3.41. The van der Waals surface area contributed by atoms with Gasteiger partial charge in [-0.15, -0.1) is 0 Å². The second-order valence-electron chi connectivity index (χ2n) is 7.98. The zero-order valence-corrected chi connectivity index (χ0v) is 18.9. The van der Waals surface area contributed by atoms with Gasteiger partial charge in [-0.05, 0) is 19.1 Å². The molecule has 0 saturated heterocycles. The summed E-state index contributed by atoms with van der Waals surface area (Å²) >= 11 is 0. The lowest BCUT2D eigenvalue weighted by atomic mass is 9.99. The van der Waals surface area contributed by atoms with Crippen LogP contribution in [-0.2, 0) is 10.0 Å². The molecule has 3 atom stereocenters. The molecule has 9 nitrogen and oxygen atoms in total. The van der Waals surface area contributed by atoms with Gasteiger partial charge in [0.05, 0.1) is 25.4 Å². The molecule has 2 aromatic rings. The lowest BCUT2D eigenvalue weighted by Gasteiger charge is -2.37. The van der Waals surface area contributed by atoms with Crippen molar-refractivity contribution >= 4 is 15.9 Å². The van der Waals surface area contributed by atoms with Gasteiger partial charge in [0, 0.05) is 49.2 Å². The number of pyridine rings is 2. The summed E-state index contributed by atoms with van der Waals surface area (Å²) in [6.07, 6.45) is 5.55. The summed E-state index contributed by atoms with van der Waals surface area (Å²) in [6, 6.07) is 4.94. The van der Waals surface area contributed by atoms with Crippen LogP contribution in [0.5, 0.6) is 5.88 Å². The number of fused-ring (bicyclic) bond motifs is 1. The van der Waals surface area contributed by atoms with Gasteiger partial charge in [0.15, 0.2) is 0 Å². The van der Waals surface area contributed by atoms with Crippen LogP contribution in [0.2, 0.25) is 0 Å². The van der Waals surface area contributed by atoms with Crippen LogP contribution in [0, 0.1) is 5.92 Å². The Hall–Kier alpha value is -2.56. The van der Waals surface area contributed by atoms with E-state index in [0.29, 0.717) is 12.1 Å². The summed E-state index contributed by atoms with van der Waals surface area (Å²) in [5.41, 5.74) is 1.77. The highest BCUT2D eigenvalue weighted by molar-refractivity contribution is 7.88. The summed E-state index contributed by atoms with van der Waals surface area (Å²) in [6.45, 7) is 3.88. The SMILES string of the molecule is C[C@H]1CN([C@@H](C)CO)C(=O)c2cc(-c3cccnc3)cnc2O[C@H]1CN(C)S(C)(=O)=O. The van der Waals surface area contributed by atoms with Crippen LogP contribution in [0.3, 0.4) is 0 Å². The van der Waals surface area contributed by atoms with E-state index in [1.807, 2.05) is 13.0 Å². The molecule has 0 unspecified atom stereocenters. The summed E-state index contributed by atoms with van der Waals surface area (Å²) in [7, 11) is -1.92. The first kappa shape index (κ1) is 23.1. The quantitative estimate of drug-likeness (QED) is 0.708. The number of sulfonamides is 1. The molecule has 1 N–H and O–H groups in total. The third-order valence-electron chi connectivity index (χ3n) is 5.52. The zero-order valence-electron chi connectivity index (χ0n) is 18.1. The molecule has 31 heavy (non-hydrogen) atoms. The zero-order chi connectivity index (χ0) is 22.8. The minimum Gasteiger partial charge on any atom is -0.472 e. The van der Waals surface area contributed by atoms with Gasteiger partial charge in [0.25, 0.3) is 5.91 Å². The van der Waals surface area contributed by atoms with Crippen LogP contribution in [0.4, 0.5) is 0 Å². The van der Waals surface area contributed by atoms with E-state index in [-0.39, 0.29) is 36.4 Å². The number of aromatic nitrogens is 2. The predicted molar refractivity (Wildman–Crippen MR) is 116 cm³/mol. The van der Waals surface area contributed by atoms with Crippen LogP contribution in [-0.4, -0.2) is 83.8 Å². The molecule has 0 radical (unpaired) electrons.